The van der Waals surface area contributed by atoms with Gasteiger partial charge in [-0.25, -0.2) is 0 Å². The lowest BCUT2D eigenvalue weighted by Gasteiger charge is -2.06. The van der Waals surface area contributed by atoms with E-state index in [4.69, 9.17) is 9.47 Å². The normalized spacial score (nSPS) is 11.1. The lowest BCUT2D eigenvalue weighted by molar-refractivity contribution is -0.114. The number of hydrogen-bond donors (Lipinski definition) is 0. The molecular formula is C15H18O3. The first kappa shape index (κ1) is 14.0. The van der Waals surface area contributed by atoms with Gasteiger partial charge in [0.05, 0.1) is 14.2 Å². The third-order valence-corrected chi connectivity index (χ3v) is 2.45. The Balaban J connectivity index is 2.84. The van der Waals surface area contributed by atoms with Gasteiger partial charge in [0.25, 0.3) is 0 Å². The van der Waals surface area contributed by atoms with Crippen molar-refractivity contribution in [1.29, 1.82) is 0 Å². The van der Waals surface area contributed by atoms with Crippen molar-refractivity contribution in [3.8, 4) is 11.5 Å². The first-order valence-electron chi connectivity index (χ1n) is 5.80. The van der Waals surface area contributed by atoms with Crippen LogP contribution in [0.15, 0.2) is 36.4 Å². The molecule has 96 valence electrons. The zero-order chi connectivity index (χ0) is 13.4. The van der Waals surface area contributed by atoms with E-state index in [9.17, 15) is 4.79 Å². The fourth-order valence-electron chi connectivity index (χ4n) is 1.41. The molecule has 0 aliphatic carbocycles. The van der Waals surface area contributed by atoms with Gasteiger partial charge in [0, 0.05) is 12.0 Å². The van der Waals surface area contributed by atoms with Crippen LogP contribution in [0.3, 0.4) is 0 Å². The van der Waals surface area contributed by atoms with E-state index in [1.165, 1.54) is 0 Å². The Bertz CT molecular complexity index is 459. The number of benzene rings is 1. The standard InChI is InChI=1S/C15H18O3/c1-4-13(16)8-6-5-7-12-11-14(17-2)9-10-15(12)18-3/h5-11H,4H2,1-3H3/b7-5+,8-6+. The number of hydrogen-bond acceptors (Lipinski definition) is 3. The third-order valence-electron chi connectivity index (χ3n) is 2.45. The third kappa shape index (κ3) is 4.09. The molecule has 0 saturated heterocycles. The van der Waals surface area contributed by atoms with Gasteiger partial charge in [0.15, 0.2) is 5.78 Å². The van der Waals surface area contributed by atoms with Crippen LogP contribution in [-0.4, -0.2) is 20.0 Å². The number of ether oxygens (including phenoxy) is 2. The first-order valence-corrected chi connectivity index (χ1v) is 5.80. The molecule has 0 aliphatic heterocycles. The van der Waals surface area contributed by atoms with Crippen molar-refractivity contribution < 1.29 is 14.3 Å². The predicted octanol–water partition coefficient (Wildman–Crippen LogP) is 3.25. The average molecular weight is 246 g/mol. The Morgan fingerprint density at radius 1 is 1.22 bits per heavy atom. The Morgan fingerprint density at radius 3 is 2.61 bits per heavy atom. The first-order chi connectivity index (χ1) is 8.71. The van der Waals surface area contributed by atoms with Gasteiger partial charge in [-0.15, -0.1) is 0 Å². The van der Waals surface area contributed by atoms with E-state index < -0.39 is 0 Å². The quantitative estimate of drug-likeness (QED) is 0.571. The summed E-state index contributed by atoms with van der Waals surface area (Å²) in [5.41, 5.74) is 0.908. The predicted molar refractivity (Wildman–Crippen MR) is 73.0 cm³/mol. The van der Waals surface area contributed by atoms with Crippen LogP contribution in [0, 0.1) is 0 Å². The smallest absolute Gasteiger partial charge is 0.155 e. The Kier molecular flexibility index (Phi) is 5.71. The molecule has 0 fully saturated rings. The van der Waals surface area contributed by atoms with Crippen LogP contribution in [0.25, 0.3) is 6.08 Å². The van der Waals surface area contributed by atoms with Gasteiger partial charge >= 0.3 is 0 Å². The van der Waals surface area contributed by atoms with Crippen molar-refractivity contribution in [2.45, 2.75) is 13.3 Å². The molecule has 1 aromatic rings. The van der Waals surface area contributed by atoms with E-state index in [0.717, 1.165) is 17.1 Å². The molecule has 0 radical (unpaired) electrons. The second-order valence-corrected chi connectivity index (χ2v) is 3.65. The number of methoxy groups -OCH3 is 2. The highest BCUT2D eigenvalue weighted by molar-refractivity contribution is 5.89. The Hall–Kier alpha value is -2.03. The number of allylic oxidation sites excluding steroid dienone is 3. The number of ketones is 1. The van der Waals surface area contributed by atoms with Gasteiger partial charge in [-0.1, -0.05) is 25.2 Å². The van der Waals surface area contributed by atoms with Crippen LogP contribution in [0.5, 0.6) is 11.5 Å². The molecule has 0 aliphatic rings. The maximum Gasteiger partial charge on any atom is 0.155 e. The lowest BCUT2D eigenvalue weighted by atomic mass is 10.1. The van der Waals surface area contributed by atoms with Crippen molar-refractivity contribution in [1.82, 2.24) is 0 Å². The summed E-state index contributed by atoms with van der Waals surface area (Å²) >= 11 is 0. The summed E-state index contributed by atoms with van der Waals surface area (Å²) in [4.78, 5) is 11.1. The van der Waals surface area contributed by atoms with Crippen LogP contribution >= 0.6 is 0 Å². The molecule has 0 atom stereocenters. The van der Waals surface area contributed by atoms with Gasteiger partial charge in [0.2, 0.25) is 0 Å². The van der Waals surface area contributed by atoms with Crippen LogP contribution in [0.2, 0.25) is 0 Å². The summed E-state index contributed by atoms with van der Waals surface area (Å²) in [5.74, 6) is 1.64. The number of carbonyl (C=O) groups is 1. The van der Waals surface area contributed by atoms with Crippen LogP contribution in [0.4, 0.5) is 0 Å². The summed E-state index contributed by atoms with van der Waals surface area (Å²) in [6.45, 7) is 1.83. The summed E-state index contributed by atoms with van der Waals surface area (Å²) in [7, 11) is 3.24. The molecule has 3 heteroatoms. The Morgan fingerprint density at radius 2 is 2.00 bits per heavy atom. The van der Waals surface area contributed by atoms with Crippen molar-refractivity contribution in [2.75, 3.05) is 14.2 Å². The minimum absolute atomic E-state index is 0.109. The van der Waals surface area contributed by atoms with E-state index in [0.29, 0.717) is 6.42 Å². The minimum atomic E-state index is 0.109. The molecule has 0 saturated carbocycles. The van der Waals surface area contributed by atoms with Gasteiger partial charge in [-0.3, -0.25) is 4.79 Å². The summed E-state index contributed by atoms with van der Waals surface area (Å²) in [5, 5.41) is 0. The highest BCUT2D eigenvalue weighted by Gasteiger charge is 2.00. The van der Waals surface area contributed by atoms with E-state index in [1.54, 1.807) is 26.4 Å². The van der Waals surface area contributed by atoms with Crippen LogP contribution in [-0.2, 0) is 4.79 Å². The topological polar surface area (TPSA) is 35.5 Å². The molecule has 0 heterocycles. The monoisotopic (exact) mass is 246 g/mol. The van der Waals surface area contributed by atoms with E-state index in [1.807, 2.05) is 37.3 Å². The fraction of sp³-hybridized carbons (Fsp3) is 0.267. The number of rotatable bonds is 6. The maximum absolute atomic E-state index is 11.1. The average Bonchev–Trinajstić information content (AvgIpc) is 2.42. The maximum atomic E-state index is 11.1. The van der Waals surface area contributed by atoms with Crippen molar-refractivity contribution in [3.05, 3.63) is 42.0 Å². The van der Waals surface area contributed by atoms with Gasteiger partial charge in [0.1, 0.15) is 11.5 Å². The molecule has 0 aromatic heterocycles. The van der Waals surface area contributed by atoms with Crippen molar-refractivity contribution in [2.24, 2.45) is 0 Å². The van der Waals surface area contributed by atoms with Gasteiger partial charge in [-0.05, 0) is 24.3 Å². The zero-order valence-electron chi connectivity index (χ0n) is 11.0. The molecule has 0 bridgehead atoms. The lowest BCUT2D eigenvalue weighted by Crippen LogP contribution is -1.89. The second kappa shape index (κ2) is 7.33. The molecule has 1 aromatic carbocycles. The molecule has 0 unspecified atom stereocenters. The van der Waals surface area contributed by atoms with Crippen LogP contribution in [0.1, 0.15) is 18.9 Å². The highest BCUT2D eigenvalue weighted by atomic mass is 16.5. The SMILES string of the molecule is CCC(=O)/C=C/C=C/c1cc(OC)ccc1OC. The van der Waals surface area contributed by atoms with Gasteiger partial charge < -0.3 is 9.47 Å². The second-order valence-electron chi connectivity index (χ2n) is 3.65. The molecular weight excluding hydrogens is 228 g/mol. The fourth-order valence-corrected chi connectivity index (χ4v) is 1.41. The van der Waals surface area contributed by atoms with Crippen LogP contribution < -0.4 is 9.47 Å². The summed E-state index contributed by atoms with van der Waals surface area (Å²) in [6.07, 6.45) is 7.49. The zero-order valence-corrected chi connectivity index (χ0v) is 11.0. The van der Waals surface area contributed by atoms with E-state index in [-0.39, 0.29) is 5.78 Å². The summed E-state index contributed by atoms with van der Waals surface area (Å²) < 4.78 is 10.4. The molecule has 0 N–H and O–H groups in total. The highest BCUT2D eigenvalue weighted by Crippen LogP contribution is 2.24. The van der Waals surface area contributed by atoms with E-state index >= 15 is 0 Å². The molecule has 18 heavy (non-hydrogen) atoms. The van der Waals surface area contributed by atoms with E-state index in [2.05, 4.69) is 0 Å². The largest absolute Gasteiger partial charge is 0.497 e. The molecule has 0 amide bonds. The van der Waals surface area contributed by atoms with Crippen molar-refractivity contribution in [3.63, 3.8) is 0 Å². The minimum Gasteiger partial charge on any atom is -0.497 e. The van der Waals surface area contributed by atoms with Gasteiger partial charge in [-0.2, -0.15) is 0 Å². The summed E-state index contributed by atoms with van der Waals surface area (Å²) in [6, 6.07) is 5.57. The Labute approximate surface area is 108 Å². The number of carbonyl (C=O) groups excluding carboxylic acids is 1. The van der Waals surface area contributed by atoms with Crippen molar-refractivity contribution >= 4 is 11.9 Å². The molecule has 1 rings (SSSR count). The molecule has 3 nitrogen and oxygen atoms in total. The molecule has 0 spiro atoms.